The summed E-state index contributed by atoms with van der Waals surface area (Å²) in [5.41, 5.74) is 1.29. The predicted molar refractivity (Wildman–Crippen MR) is 76.4 cm³/mol. The monoisotopic (exact) mass is 267 g/mol. The molecule has 1 unspecified atom stereocenters. The van der Waals surface area contributed by atoms with Gasteiger partial charge in [-0.3, -0.25) is 4.90 Å². The van der Waals surface area contributed by atoms with E-state index in [1.54, 1.807) is 7.11 Å². The number of piperidine rings is 1. The van der Waals surface area contributed by atoms with Crippen molar-refractivity contribution >= 4 is 11.6 Å². The molecule has 0 saturated carbocycles. The lowest BCUT2D eigenvalue weighted by molar-refractivity contribution is 0.149. The van der Waals surface area contributed by atoms with Crippen LogP contribution >= 0.6 is 11.6 Å². The number of hydrogen-bond acceptors (Lipinski definition) is 2. The van der Waals surface area contributed by atoms with Gasteiger partial charge in [-0.2, -0.15) is 0 Å². The van der Waals surface area contributed by atoms with Crippen molar-refractivity contribution in [3.8, 4) is 5.75 Å². The van der Waals surface area contributed by atoms with Gasteiger partial charge in [-0.15, -0.1) is 11.6 Å². The summed E-state index contributed by atoms with van der Waals surface area (Å²) in [4.78, 5) is 2.51. The Morgan fingerprint density at radius 2 is 1.89 bits per heavy atom. The molecule has 0 bridgehead atoms. The Morgan fingerprint density at radius 3 is 2.39 bits per heavy atom. The molecule has 0 aliphatic carbocycles. The molecule has 0 amide bonds. The van der Waals surface area contributed by atoms with E-state index in [0.717, 1.165) is 24.8 Å². The fraction of sp³-hybridized carbons (Fsp3) is 0.600. The van der Waals surface area contributed by atoms with Crippen LogP contribution in [0.25, 0.3) is 0 Å². The molecular formula is C15H22ClNO. The van der Waals surface area contributed by atoms with E-state index in [-0.39, 0.29) is 0 Å². The molecule has 18 heavy (non-hydrogen) atoms. The van der Waals surface area contributed by atoms with Gasteiger partial charge in [-0.1, -0.05) is 19.1 Å². The molecule has 1 fully saturated rings. The number of methoxy groups -OCH3 is 1. The second-order valence-corrected chi connectivity index (χ2v) is 5.47. The zero-order chi connectivity index (χ0) is 13.0. The number of ether oxygens (including phenoxy) is 1. The number of nitrogens with zero attached hydrogens (tertiary/aromatic N) is 1. The van der Waals surface area contributed by atoms with Crippen LogP contribution in [0.4, 0.5) is 0 Å². The Kier molecular flexibility index (Phi) is 4.90. The van der Waals surface area contributed by atoms with Gasteiger partial charge in [-0.05, 0) is 49.5 Å². The van der Waals surface area contributed by atoms with Gasteiger partial charge in [0.1, 0.15) is 5.75 Å². The van der Waals surface area contributed by atoms with E-state index in [1.807, 2.05) is 12.1 Å². The summed E-state index contributed by atoms with van der Waals surface area (Å²) < 4.78 is 5.20. The summed E-state index contributed by atoms with van der Waals surface area (Å²) in [5, 5.41) is 0. The lowest BCUT2D eigenvalue weighted by Crippen LogP contribution is -2.36. The lowest BCUT2D eigenvalue weighted by Gasteiger charge is -2.36. The minimum atomic E-state index is 0.338. The van der Waals surface area contributed by atoms with Gasteiger partial charge in [0, 0.05) is 11.9 Å². The molecular weight excluding hydrogens is 246 g/mol. The molecule has 1 aliphatic heterocycles. The predicted octanol–water partition coefficient (Wildman–Crippen LogP) is 3.71. The van der Waals surface area contributed by atoms with Gasteiger partial charge in [0.15, 0.2) is 0 Å². The van der Waals surface area contributed by atoms with Crippen LogP contribution < -0.4 is 4.74 Å². The van der Waals surface area contributed by atoms with Crippen LogP contribution in [0.1, 0.15) is 31.4 Å². The molecule has 2 rings (SSSR count). The molecule has 1 aromatic carbocycles. The van der Waals surface area contributed by atoms with Crippen LogP contribution in [0, 0.1) is 5.92 Å². The molecule has 0 spiro atoms. The van der Waals surface area contributed by atoms with E-state index in [4.69, 9.17) is 16.3 Å². The van der Waals surface area contributed by atoms with Crippen LogP contribution in [0.15, 0.2) is 24.3 Å². The minimum Gasteiger partial charge on any atom is -0.497 e. The summed E-state index contributed by atoms with van der Waals surface area (Å²) in [6.45, 7) is 4.65. The molecule has 1 aromatic rings. The topological polar surface area (TPSA) is 12.5 Å². The quantitative estimate of drug-likeness (QED) is 0.771. The highest BCUT2D eigenvalue weighted by atomic mass is 35.5. The van der Waals surface area contributed by atoms with Crippen LogP contribution in [0.2, 0.25) is 0 Å². The summed E-state index contributed by atoms with van der Waals surface area (Å²) in [5.74, 6) is 2.41. The average Bonchev–Trinajstić information content (AvgIpc) is 2.42. The first kappa shape index (κ1) is 13.7. The van der Waals surface area contributed by atoms with Gasteiger partial charge in [-0.25, -0.2) is 0 Å². The van der Waals surface area contributed by atoms with Crippen molar-refractivity contribution in [1.29, 1.82) is 0 Å². The number of hydrogen-bond donors (Lipinski definition) is 0. The van der Waals surface area contributed by atoms with Crippen molar-refractivity contribution in [3.05, 3.63) is 29.8 Å². The number of likely N-dealkylation sites (tertiary alicyclic amines) is 1. The van der Waals surface area contributed by atoms with Crippen molar-refractivity contribution in [3.63, 3.8) is 0 Å². The largest absolute Gasteiger partial charge is 0.497 e. The number of alkyl halides is 1. The van der Waals surface area contributed by atoms with Gasteiger partial charge < -0.3 is 4.74 Å². The van der Waals surface area contributed by atoms with Crippen LogP contribution in [0.3, 0.4) is 0 Å². The summed E-state index contributed by atoms with van der Waals surface area (Å²) in [6, 6.07) is 8.63. The van der Waals surface area contributed by atoms with Gasteiger partial charge in [0.2, 0.25) is 0 Å². The molecule has 0 N–H and O–H groups in total. The standard InChI is InChI=1S/C15H22ClNO/c1-12-7-9-17(10-8-12)15(11-16)13-3-5-14(18-2)6-4-13/h3-6,12,15H,7-11H2,1-2H3. The zero-order valence-electron chi connectivity index (χ0n) is 11.2. The van der Waals surface area contributed by atoms with E-state index in [2.05, 4.69) is 24.0 Å². The third-order valence-electron chi connectivity index (χ3n) is 3.91. The van der Waals surface area contributed by atoms with E-state index >= 15 is 0 Å². The van der Waals surface area contributed by atoms with E-state index in [0.29, 0.717) is 11.9 Å². The zero-order valence-corrected chi connectivity index (χ0v) is 12.0. The van der Waals surface area contributed by atoms with Crippen molar-refractivity contribution in [2.24, 2.45) is 5.92 Å². The van der Waals surface area contributed by atoms with Gasteiger partial charge in [0.25, 0.3) is 0 Å². The first-order chi connectivity index (χ1) is 8.74. The molecule has 3 heteroatoms. The molecule has 1 atom stereocenters. The Morgan fingerprint density at radius 1 is 1.28 bits per heavy atom. The van der Waals surface area contributed by atoms with Crippen LogP contribution in [-0.2, 0) is 0 Å². The lowest BCUT2D eigenvalue weighted by atomic mass is 9.96. The first-order valence-corrected chi connectivity index (χ1v) is 7.22. The highest BCUT2D eigenvalue weighted by Gasteiger charge is 2.23. The Balaban J connectivity index is 2.07. The highest BCUT2D eigenvalue weighted by molar-refractivity contribution is 6.18. The average molecular weight is 268 g/mol. The third-order valence-corrected chi connectivity index (χ3v) is 4.20. The van der Waals surface area contributed by atoms with Crippen molar-refractivity contribution < 1.29 is 4.74 Å². The normalized spacial score (nSPS) is 19.7. The Labute approximate surface area is 115 Å². The number of rotatable bonds is 4. The smallest absolute Gasteiger partial charge is 0.118 e. The molecule has 2 nitrogen and oxygen atoms in total. The molecule has 0 radical (unpaired) electrons. The summed E-state index contributed by atoms with van der Waals surface area (Å²) in [7, 11) is 1.69. The first-order valence-electron chi connectivity index (χ1n) is 6.68. The second kappa shape index (κ2) is 6.44. The maximum absolute atomic E-state index is 6.17. The SMILES string of the molecule is COc1ccc(C(CCl)N2CCC(C)CC2)cc1. The third kappa shape index (κ3) is 3.18. The highest BCUT2D eigenvalue weighted by Crippen LogP contribution is 2.28. The maximum Gasteiger partial charge on any atom is 0.118 e. The molecule has 1 heterocycles. The van der Waals surface area contributed by atoms with E-state index < -0.39 is 0 Å². The van der Waals surface area contributed by atoms with E-state index in [9.17, 15) is 0 Å². The van der Waals surface area contributed by atoms with E-state index in [1.165, 1.54) is 18.4 Å². The number of halogens is 1. The van der Waals surface area contributed by atoms with Crippen LogP contribution in [-0.4, -0.2) is 31.0 Å². The second-order valence-electron chi connectivity index (χ2n) is 5.16. The van der Waals surface area contributed by atoms with Crippen molar-refractivity contribution in [2.45, 2.75) is 25.8 Å². The molecule has 1 saturated heterocycles. The maximum atomic E-state index is 6.17. The molecule has 1 aliphatic rings. The Bertz CT molecular complexity index is 357. The van der Waals surface area contributed by atoms with Crippen molar-refractivity contribution in [2.75, 3.05) is 26.1 Å². The summed E-state index contributed by atoms with van der Waals surface area (Å²) in [6.07, 6.45) is 2.56. The Hall–Kier alpha value is -0.730. The summed E-state index contributed by atoms with van der Waals surface area (Å²) >= 11 is 6.17. The van der Waals surface area contributed by atoms with Crippen LogP contribution in [0.5, 0.6) is 5.75 Å². The molecule has 100 valence electrons. The molecule has 0 aromatic heterocycles. The number of benzene rings is 1. The fourth-order valence-corrected chi connectivity index (χ4v) is 2.94. The minimum absolute atomic E-state index is 0.338. The van der Waals surface area contributed by atoms with Crippen molar-refractivity contribution in [1.82, 2.24) is 4.90 Å². The van der Waals surface area contributed by atoms with Gasteiger partial charge in [0.05, 0.1) is 7.11 Å². The van der Waals surface area contributed by atoms with Gasteiger partial charge >= 0.3 is 0 Å². The fourth-order valence-electron chi connectivity index (χ4n) is 2.56.